The number of amidine groups is 1. The Morgan fingerprint density at radius 2 is 1.90 bits per heavy atom. The van der Waals surface area contributed by atoms with Gasteiger partial charge in [0.05, 0.1) is 10.5 Å². The van der Waals surface area contributed by atoms with Crippen LogP contribution in [0.1, 0.15) is 18.2 Å². The highest BCUT2D eigenvalue weighted by Crippen LogP contribution is 2.34. The lowest BCUT2D eigenvalue weighted by atomic mass is 10.1. The molecule has 31 heavy (non-hydrogen) atoms. The molecule has 162 valence electrons. The lowest BCUT2D eigenvalue weighted by molar-refractivity contribution is -0.137. The lowest BCUT2D eigenvalue weighted by Crippen LogP contribution is -2.49. The third-order valence-corrected chi connectivity index (χ3v) is 6.02. The van der Waals surface area contributed by atoms with E-state index in [0.29, 0.717) is 47.6 Å². The van der Waals surface area contributed by atoms with E-state index in [2.05, 4.69) is 4.99 Å². The van der Waals surface area contributed by atoms with Crippen LogP contribution in [-0.2, 0) is 15.8 Å². The number of carbonyl (C=O) groups excluding carboxylic acids is 2. The van der Waals surface area contributed by atoms with Crippen LogP contribution in [0.15, 0.2) is 50.7 Å². The quantitative estimate of drug-likeness (QED) is 0.646. The molecule has 0 spiro atoms. The molecule has 1 saturated heterocycles. The molecule has 3 heterocycles. The van der Waals surface area contributed by atoms with E-state index in [1.54, 1.807) is 17.0 Å². The highest BCUT2D eigenvalue weighted by atomic mass is 32.2. The van der Waals surface area contributed by atoms with Crippen LogP contribution in [0.2, 0.25) is 0 Å². The fraction of sp³-hybridized carbons (Fsp3) is 0.286. The molecule has 10 heteroatoms. The summed E-state index contributed by atoms with van der Waals surface area (Å²) < 4.78 is 44.5. The maximum absolute atomic E-state index is 12.9. The van der Waals surface area contributed by atoms with Crippen molar-refractivity contribution in [2.45, 2.75) is 13.1 Å². The van der Waals surface area contributed by atoms with E-state index in [1.165, 1.54) is 36.9 Å². The van der Waals surface area contributed by atoms with Crippen LogP contribution in [0.25, 0.3) is 17.4 Å². The minimum Gasteiger partial charge on any atom is -0.457 e. The third-order valence-electron chi connectivity index (χ3n) is 4.98. The summed E-state index contributed by atoms with van der Waals surface area (Å²) in [4.78, 5) is 31.9. The number of hydrogen-bond acceptors (Lipinski definition) is 5. The first kappa shape index (κ1) is 21.2. The Labute approximate surface area is 180 Å². The minimum atomic E-state index is -4.44. The molecule has 1 aromatic heterocycles. The summed E-state index contributed by atoms with van der Waals surface area (Å²) in [7, 11) is 0. The van der Waals surface area contributed by atoms with Crippen molar-refractivity contribution >= 4 is 34.8 Å². The zero-order valence-corrected chi connectivity index (χ0v) is 17.3. The van der Waals surface area contributed by atoms with Gasteiger partial charge in [-0.15, -0.1) is 0 Å². The van der Waals surface area contributed by atoms with E-state index < -0.39 is 17.6 Å². The number of piperazine rings is 1. The first-order chi connectivity index (χ1) is 14.7. The number of furan rings is 1. The van der Waals surface area contributed by atoms with Crippen molar-refractivity contribution in [3.05, 3.63) is 52.6 Å². The molecule has 6 nitrogen and oxygen atoms in total. The van der Waals surface area contributed by atoms with E-state index in [0.717, 1.165) is 12.1 Å². The average molecular weight is 449 g/mol. The molecule has 2 aliphatic heterocycles. The van der Waals surface area contributed by atoms with Gasteiger partial charge in [-0.3, -0.25) is 9.59 Å². The zero-order chi connectivity index (χ0) is 22.2. The first-order valence-electron chi connectivity index (χ1n) is 9.51. The van der Waals surface area contributed by atoms with E-state index in [1.807, 2.05) is 4.90 Å². The Morgan fingerprint density at radius 1 is 1.16 bits per heavy atom. The molecule has 0 aliphatic carbocycles. The Hall–Kier alpha value is -3.01. The lowest BCUT2D eigenvalue weighted by Gasteiger charge is -2.34. The third kappa shape index (κ3) is 4.68. The van der Waals surface area contributed by atoms with Gasteiger partial charge in [0.25, 0.3) is 5.91 Å². The van der Waals surface area contributed by atoms with Gasteiger partial charge in [-0.1, -0.05) is 12.1 Å². The number of amides is 2. The summed E-state index contributed by atoms with van der Waals surface area (Å²) in [5.74, 6) is 0.244. The van der Waals surface area contributed by atoms with E-state index in [4.69, 9.17) is 4.42 Å². The Balaban J connectivity index is 1.46. The normalized spacial score (nSPS) is 18.6. The van der Waals surface area contributed by atoms with Crippen molar-refractivity contribution in [3.8, 4) is 11.3 Å². The predicted octanol–water partition coefficient (Wildman–Crippen LogP) is 4.10. The van der Waals surface area contributed by atoms with Gasteiger partial charge in [0.2, 0.25) is 5.91 Å². The van der Waals surface area contributed by atoms with Gasteiger partial charge in [-0.2, -0.15) is 18.2 Å². The first-order valence-corrected chi connectivity index (χ1v) is 10.3. The topological polar surface area (TPSA) is 66.1 Å². The molecular weight excluding hydrogens is 431 g/mol. The highest BCUT2D eigenvalue weighted by molar-refractivity contribution is 8.18. The predicted molar refractivity (Wildman–Crippen MR) is 111 cm³/mol. The van der Waals surface area contributed by atoms with Crippen LogP contribution >= 0.6 is 11.8 Å². The molecule has 1 aromatic carbocycles. The van der Waals surface area contributed by atoms with Crippen molar-refractivity contribution in [1.29, 1.82) is 0 Å². The Bertz CT molecular complexity index is 1080. The summed E-state index contributed by atoms with van der Waals surface area (Å²) >= 11 is 1.22. The summed E-state index contributed by atoms with van der Waals surface area (Å²) in [6.07, 6.45) is -2.91. The van der Waals surface area contributed by atoms with Crippen LogP contribution in [0.3, 0.4) is 0 Å². The molecule has 2 amide bonds. The highest BCUT2D eigenvalue weighted by Gasteiger charge is 2.31. The van der Waals surface area contributed by atoms with Crippen molar-refractivity contribution in [2.24, 2.45) is 4.99 Å². The Morgan fingerprint density at radius 3 is 2.58 bits per heavy atom. The molecule has 0 radical (unpaired) electrons. The molecular formula is C21H18F3N3O3S. The summed E-state index contributed by atoms with van der Waals surface area (Å²) in [5.41, 5.74) is -0.462. The second-order valence-electron chi connectivity index (χ2n) is 7.08. The summed E-state index contributed by atoms with van der Waals surface area (Å²) in [6.45, 7) is 3.85. The molecule has 2 aliphatic rings. The monoisotopic (exact) mass is 449 g/mol. The summed E-state index contributed by atoms with van der Waals surface area (Å²) in [6, 6.07) is 8.03. The molecule has 0 atom stereocenters. The second-order valence-corrected chi connectivity index (χ2v) is 8.09. The minimum absolute atomic E-state index is 0.0201. The SMILES string of the molecule is CC(=O)N1CCN(C2=NC(=O)C(=Cc3ccc(-c4cccc(C(F)(F)F)c4)o3)S2)CC1. The van der Waals surface area contributed by atoms with Crippen LogP contribution in [0, 0.1) is 0 Å². The molecule has 0 N–H and O–H groups in total. The zero-order valence-electron chi connectivity index (χ0n) is 16.5. The molecule has 0 saturated carbocycles. The molecule has 0 bridgehead atoms. The van der Waals surface area contributed by atoms with E-state index >= 15 is 0 Å². The van der Waals surface area contributed by atoms with Gasteiger partial charge in [0.1, 0.15) is 11.5 Å². The van der Waals surface area contributed by atoms with Crippen molar-refractivity contribution in [2.75, 3.05) is 26.2 Å². The largest absolute Gasteiger partial charge is 0.457 e. The summed E-state index contributed by atoms with van der Waals surface area (Å²) in [5, 5.41) is 0.573. The number of halogens is 3. The number of alkyl halides is 3. The molecule has 4 rings (SSSR count). The van der Waals surface area contributed by atoms with Crippen molar-refractivity contribution in [1.82, 2.24) is 9.80 Å². The number of thioether (sulfide) groups is 1. The van der Waals surface area contributed by atoms with Crippen LogP contribution < -0.4 is 0 Å². The standard InChI is InChI=1S/C21H18F3N3O3S/c1-13(28)26-7-9-27(10-8-26)20-25-19(29)18(31-20)12-16-5-6-17(30-16)14-3-2-4-15(11-14)21(22,23)24/h2-6,11-12H,7-10H2,1H3. The average Bonchev–Trinajstić information content (AvgIpc) is 3.35. The second kappa shape index (κ2) is 8.26. The van der Waals surface area contributed by atoms with E-state index in [9.17, 15) is 22.8 Å². The van der Waals surface area contributed by atoms with Crippen LogP contribution in [0.4, 0.5) is 13.2 Å². The van der Waals surface area contributed by atoms with Gasteiger partial charge in [0, 0.05) is 44.7 Å². The smallest absolute Gasteiger partial charge is 0.416 e. The van der Waals surface area contributed by atoms with Crippen LogP contribution in [-0.4, -0.2) is 53.0 Å². The number of carbonyl (C=O) groups is 2. The van der Waals surface area contributed by atoms with Gasteiger partial charge in [-0.05, 0) is 36.0 Å². The van der Waals surface area contributed by atoms with Gasteiger partial charge in [-0.25, -0.2) is 0 Å². The van der Waals surface area contributed by atoms with Gasteiger partial charge < -0.3 is 14.2 Å². The van der Waals surface area contributed by atoms with Crippen LogP contribution in [0.5, 0.6) is 0 Å². The fourth-order valence-electron chi connectivity index (χ4n) is 3.31. The maximum atomic E-state index is 12.9. The van der Waals surface area contributed by atoms with Crippen molar-refractivity contribution < 1.29 is 27.2 Å². The van der Waals surface area contributed by atoms with Gasteiger partial charge in [0.15, 0.2) is 5.17 Å². The van der Waals surface area contributed by atoms with E-state index in [-0.39, 0.29) is 11.7 Å². The number of aliphatic imine (C=N–C) groups is 1. The maximum Gasteiger partial charge on any atom is 0.416 e. The molecule has 2 aromatic rings. The molecule has 0 unspecified atom stereocenters. The number of benzene rings is 1. The van der Waals surface area contributed by atoms with Gasteiger partial charge >= 0.3 is 6.18 Å². The number of nitrogens with zero attached hydrogens (tertiary/aromatic N) is 3. The number of hydrogen-bond donors (Lipinski definition) is 0. The van der Waals surface area contributed by atoms with Crippen molar-refractivity contribution in [3.63, 3.8) is 0 Å². The molecule has 1 fully saturated rings. The fourth-order valence-corrected chi connectivity index (χ4v) is 4.25. The Kier molecular flexibility index (Phi) is 5.65. The number of rotatable bonds is 2.